The summed E-state index contributed by atoms with van der Waals surface area (Å²) in [4.78, 5) is 4.42. The lowest BCUT2D eigenvalue weighted by molar-refractivity contribution is 1.07. The summed E-state index contributed by atoms with van der Waals surface area (Å²) >= 11 is 0. The predicted molar refractivity (Wildman–Crippen MR) is 68.9 cm³/mol. The van der Waals surface area contributed by atoms with E-state index in [2.05, 4.69) is 48.3 Å². The van der Waals surface area contributed by atoms with Crippen molar-refractivity contribution in [1.82, 2.24) is 0 Å². The molecule has 0 radical (unpaired) electrons. The van der Waals surface area contributed by atoms with E-state index in [1.54, 1.807) is 0 Å². The zero-order valence-electron chi connectivity index (χ0n) is 9.43. The SMILES string of the molecule is Cc1ccc(CN=Cc2ccccc2)cc1. The van der Waals surface area contributed by atoms with Crippen molar-refractivity contribution >= 4 is 6.21 Å². The van der Waals surface area contributed by atoms with E-state index in [0.717, 1.165) is 12.1 Å². The van der Waals surface area contributed by atoms with E-state index >= 15 is 0 Å². The lowest BCUT2D eigenvalue weighted by Gasteiger charge is -1.97. The normalized spacial score (nSPS) is 10.8. The van der Waals surface area contributed by atoms with Gasteiger partial charge < -0.3 is 0 Å². The van der Waals surface area contributed by atoms with Gasteiger partial charge in [0.2, 0.25) is 0 Å². The van der Waals surface area contributed by atoms with Crippen LogP contribution >= 0.6 is 0 Å². The molecule has 0 N–H and O–H groups in total. The first-order valence-electron chi connectivity index (χ1n) is 5.45. The molecule has 1 nitrogen and oxygen atoms in total. The van der Waals surface area contributed by atoms with Crippen molar-refractivity contribution in [3.05, 3.63) is 71.3 Å². The molecule has 0 unspecified atom stereocenters. The molecule has 0 amide bonds. The van der Waals surface area contributed by atoms with Crippen LogP contribution in [0.25, 0.3) is 0 Å². The van der Waals surface area contributed by atoms with Crippen LogP contribution < -0.4 is 0 Å². The first-order chi connectivity index (χ1) is 7.84. The summed E-state index contributed by atoms with van der Waals surface area (Å²) in [6, 6.07) is 18.6. The fourth-order valence-electron chi connectivity index (χ4n) is 1.49. The highest BCUT2D eigenvalue weighted by molar-refractivity contribution is 5.79. The van der Waals surface area contributed by atoms with Gasteiger partial charge in [-0.2, -0.15) is 0 Å². The van der Waals surface area contributed by atoms with Gasteiger partial charge >= 0.3 is 0 Å². The molecule has 16 heavy (non-hydrogen) atoms. The zero-order chi connectivity index (χ0) is 11.2. The molecule has 0 aliphatic carbocycles. The van der Waals surface area contributed by atoms with Crippen molar-refractivity contribution in [2.45, 2.75) is 13.5 Å². The Morgan fingerprint density at radius 3 is 2.31 bits per heavy atom. The lowest BCUT2D eigenvalue weighted by Crippen LogP contribution is -1.84. The van der Waals surface area contributed by atoms with Gasteiger partial charge in [0.05, 0.1) is 6.54 Å². The molecule has 1 heteroatoms. The van der Waals surface area contributed by atoms with Crippen LogP contribution in [0, 0.1) is 6.92 Å². The molecule has 0 fully saturated rings. The van der Waals surface area contributed by atoms with E-state index in [1.165, 1.54) is 11.1 Å². The van der Waals surface area contributed by atoms with E-state index in [9.17, 15) is 0 Å². The standard InChI is InChI=1S/C15H15N/c1-13-7-9-15(10-8-13)12-16-11-14-5-3-2-4-6-14/h2-11H,12H2,1H3. The number of hydrogen-bond donors (Lipinski definition) is 0. The number of benzene rings is 2. The number of aliphatic imine (C=N–C) groups is 1. The molecule has 0 aromatic heterocycles. The minimum atomic E-state index is 0.745. The maximum Gasteiger partial charge on any atom is 0.0639 e. The molecular formula is C15H15N. The van der Waals surface area contributed by atoms with Crippen molar-refractivity contribution < 1.29 is 0 Å². The third kappa shape index (κ3) is 3.06. The fraction of sp³-hybridized carbons (Fsp3) is 0.133. The number of hydrogen-bond acceptors (Lipinski definition) is 1. The Morgan fingerprint density at radius 2 is 1.62 bits per heavy atom. The maximum absolute atomic E-state index is 4.42. The second kappa shape index (κ2) is 5.26. The van der Waals surface area contributed by atoms with E-state index in [-0.39, 0.29) is 0 Å². The average Bonchev–Trinajstić information content (AvgIpc) is 2.33. The minimum Gasteiger partial charge on any atom is -0.288 e. The Balaban J connectivity index is 1.97. The maximum atomic E-state index is 4.42. The lowest BCUT2D eigenvalue weighted by atomic mass is 10.1. The highest BCUT2D eigenvalue weighted by atomic mass is 14.7. The van der Waals surface area contributed by atoms with Crippen LogP contribution in [0.2, 0.25) is 0 Å². The summed E-state index contributed by atoms with van der Waals surface area (Å²) < 4.78 is 0. The zero-order valence-corrected chi connectivity index (χ0v) is 9.43. The second-order valence-corrected chi connectivity index (χ2v) is 3.87. The molecule has 0 bridgehead atoms. The summed E-state index contributed by atoms with van der Waals surface area (Å²) in [5.74, 6) is 0. The Hall–Kier alpha value is -1.89. The molecule has 80 valence electrons. The number of rotatable bonds is 3. The number of aryl methyl sites for hydroxylation is 1. The molecule has 0 spiro atoms. The average molecular weight is 209 g/mol. The molecule has 0 heterocycles. The predicted octanol–water partition coefficient (Wildman–Crippen LogP) is 3.61. The smallest absolute Gasteiger partial charge is 0.0639 e. The Kier molecular flexibility index (Phi) is 3.50. The van der Waals surface area contributed by atoms with Crippen molar-refractivity contribution in [1.29, 1.82) is 0 Å². The van der Waals surface area contributed by atoms with Crippen LogP contribution in [0.3, 0.4) is 0 Å². The summed E-state index contributed by atoms with van der Waals surface area (Å²) in [5, 5.41) is 0. The minimum absolute atomic E-state index is 0.745. The molecule has 0 atom stereocenters. The third-order valence-electron chi connectivity index (χ3n) is 2.43. The van der Waals surface area contributed by atoms with Gasteiger partial charge in [-0.05, 0) is 18.1 Å². The highest BCUT2D eigenvalue weighted by Crippen LogP contribution is 2.04. The van der Waals surface area contributed by atoms with Gasteiger partial charge in [-0.25, -0.2) is 0 Å². The Morgan fingerprint density at radius 1 is 0.938 bits per heavy atom. The molecule has 2 aromatic carbocycles. The van der Waals surface area contributed by atoms with Gasteiger partial charge in [-0.1, -0.05) is 60.2 Å². The monoisotopic (exact) mass is 209 g/mol. The van der Waals surface area contributed by atoms with Gasteiger partial charge in [0.15, 0.2) is 0 Å². The molecule has 2 rings (SSSR count). The molecule has 0 saturated carbocycles. The molecule has 2 aromatic rings. The van der Waals surface area contributed by atoms with E-state index in [0.29, 0.717) is 0 Å². The quantitative estimate of drug-likeness (QED) is 0.685. The first kappa shape index (κ1) is 10.6. The van der Waals surface area contributed by atoms with Gasteiger partial charge in [-0.3, -0.25) is 4.99 Å². The van der Waals surface area contributed by atoms with Crippen LogP contribution in [-0.2, 0) is 6.54 Å². The fourth-order valence-corrected chi connectivity index (χ4v) is 1.49. The molecule has 0 aliphatic heterocycles. The summed E-state index contributed by atoms with van der Waals surface area (Å²) in [6.07, 6.45) is 1.92. The highest BCUT2D eigenvalue weighted by Gasteiger charge is 1.89. The number of nitrogens with zero attached hydrogens (tertiary/aromatic N) is 1. The van der Waals surface area contributed by atoms with E-state index < -0.39 is 0 Å². The van der Waals surface area contributed by atoms with Crippen LogP contribution in [0.1, 0.15) is 16.7 Å². The molecule has 0 saturated heterocycles. The first-order valence-corrected chi connectivity index (χ1v) is 5.45. The second-order valence-electron chi connectivity index (χ2n) is 3.87. The van der Waals surface area contributed by atoms with Gasteiger partial charge in [0, 0.05) is 6.21 Å². The van der Waals surface area contributed by atoms with Crippen LogP contribution in [0.4, 0.5) is 0 Å². The van der Waals surface area contributed by atoms with Crippen molar-refractivity contribution in [3.8, 4) is 0 Å². The Bertz CT molecular complexity index is 455. The largest absolute Gasteiger partial charge is 0.288 e. The summed E-state index contributed by atoms with van der Waals surface area (Å²) in [6.45, 7) is 2.84. The van der Waals surface area contributed by atoms with E-state index in [4.69, 9.17) is 0 Å². The van der Waals surface area contributed by atoms with Crippen molar-refractivity contribution in [2.75, 3.05) is 0 Å². The van der Waals surface area contributed by atoms with Gasteiger partial charge in [0.25, 0.3) is 0 Å². The van der Waals surface area contributed by atoms with E-state index in [1.807, 2.05) is 24.4 Å². The van der Waals surface area contributed by atoms with Crippen molar-refractivity contribution in [3.63, 3.8) is 0 Å². The molecule has 0 aliphatic rings. The van der Waals surface area contributed by atoms with Gasteiger partial charge in [-0.15, -0.1) is 0 Å². The molecular weight excluding hydrogens is 194 g/mol. The Labute approximate surface area is 96.5 Å². The summed E-state index contributed by atoms with van der Waals surface area (Å²) in [5.41, 5.74) is 3.68. The van der Waals surface area contributed by atoms with Crippen LogP contribution in [0.15, 0.2) is 59.6 Å². The van der Waals surface area contributed by atoms with Crippen LogP contribution in [-0.4, -0.2) is 6.21 Å². The third-order valence-corrected chi connectivity index (χ3v) is 2.43. The summed E-state index contributed by atoms with van der Waals surface area (Å²) in [7, 11) is 0. The van der Waals surface area contributed by atoms with Crippen molar-refractivity contribution in [2.24, 2.45) is 4.99 Å². The topological polar surface area (TPSA) is 12.4 Å². The van der Waals surface area contributed by atoms with Gasteiger partial charge in [0.1, 0.15) is 0 Å². The van der Waals surface area contributed by atoms with Crippen LogP contribution in [0.5, 0.6) is 0 Å².